The monoisotopic (exact) mass is 551 g/mol. The number of rotatable bonds is 10. The summed E-state index contributed by atoms with van der Waals surface area (Å²) >= 11 is 0. The van der Waals surface area contributed by atoms with Crippen LogP contribution in [0, 0.1) is 0 Å². The minimum absolute atomic E-state index is 0.147. The van der Waals surface area contributed by atoms with Crippen molar-refractivity contribution in [3.63, 3.8) is 0 Å². The number of nitrogens with one attached hydrogen (secondary N) is 1. The first-order valence-electron chi connectivity index (χ1n) is 13.2. The second-order valence-corrected chi connectivity index (χ2v) is 9.81. The summed E-state index contributed by atoms with van der Waals surface area (Å²) in [4.78, 5) is 32.0. The van der Waals surface area contributed by atoms with Crippen LogP contribution in [0.25, 0.3) is 16.6 Å². The number of ether oxygens (including phenoxy) is 1. The van der Waals surface area contributed by atoms with Crippen LogP contribution >= 0.6 is 0 Å². The van der Waals surface area contributed by atoms with Crippen LogP contribution in [-0.4, -0.2) is 28.7 Å². The molecule has 0 radical (unpaired) electrons. The number of para-hydroxylation sites is 1. The molecule has 210 valence electrons. The lowest BCUT2D eigenvalue weighted by Crippen LogP contribution is -2.48. The van der Waals surface area contributed by atoms with Crippen LogP contribution in [-0.2, 0) is 34.1 Å². The van der Waals surface area contributed by atoms with Gasteiger partial charge in [-0.05, 0) is 67.8 Å². The van der Waals surface area contributed by atoms with E-state index in [2.05, 4.69) is 5.32 Å². The number of hydrogen-bond acceptors (Lipinski definition) is 4. The number of hydrogen-bond donors (Lipinski definition) is 1. The molecule has 0 aliphatic rings. The summed E-state index contributed by atoms with van der Waals surface area (Å²) in [6.45, 7) is 6.43. The molecular formula is C31H32F3N3O3. The van der Waals surface area contributed by atoms with Gasteiger partial charge in [0.2, 0.25) is 5.91 Å². The molecule has 1 amide bonds. The first-order chi connectivity index (χ1) is 19.1. The van der Waals surface area contributed by atoms with Crippen molar-refractivity contribution in [3.05, 3.63) is 106 Å². The molecule has 40 heavy (non-hydrogen) atoms. The second-order valence-electron chi connectivity index (χ2n) is 9.81. The summed E-state index contributed by atoms with van der Waals surface area (Å²) in [6.07, 6.45) is -3.47. The number of benzene rings is 3. The zero-order valence-electron chi connectivity index (χ0n) is 22.7. The highest BCUT2D eigenvalue weighted by Gasteiger charge is 2.35. The Kier molecular flexibility index (Phi) is 8.73. The molecule has 6 nitrogen and oxygen atoms in total. The summed E-state index contributed by atoms with van der Waals surface area (Å²) in [5.41, 5.74) is 0.428. The van der Waals surface area contributed by atoms with Gasteiger partial charge in [0.15, 0.2) is 0 Å². The quantitative estimate of drug-likeness (QED) is 0.247. The zero-order chi connectivity index (χ0) is 28.9. The third-order valence-corrected chi connectivity index (χ3v) is 6.88. The lowest BCUT2D eigenvalue weighted by molar-refractivity contribution is -0.137. The van der Waals surface area contributed by atoms with E-state index in [9.17, 15) is 22.8 Å². The average Bonchev–Trinajstić information content (AvgIpc) is 2.93. The highest BCUT2D eigenvalue weighted by molar-refractivity contribution is 5.80. The smallest absolute Gasteiger partial charge is 0.382 e. The number of nitrogens with zero attached hydrogens (tertiary/aromatic N) is 2. The third kappa shape index (κ3) is 6.42. The number of fused-ring (bicyclic) bond motifs is 1. The van der Waals surface area contributed by atoms with E-state index in [1.165, 1.54) is 16.7 Å². The molecule has 0 saturated carbocycles. The van der Waals surface area contributed by atoms with Crippen molar-refractivity contribution in [1.82, 2.24) is 14.9 Å². The highest BCUT2D eigenvalue weighted by Crippen LogP contribution is 2.30. The molecule has 1 atom stereocenters. The van der Waals surface area contributed by atoms with Crippen LogP contribution in [0.3, 0.4) is 0 Å². The van der Waals surface area contributed by atoms with E-state index in [1.54, 1.807) is 31.2 Å². The third-order valence-electron chi connectivity index (χ3n) is 6.88. The van der Waals surface area contributed by atoms with Crippen LogP contribution in [0.2, 0.25) is 0 Å². The van der Waals surface area contributed by atoms with Crippen molar-refractivity contribution in [3.8, 4) is 5.69 Å². The molecule has 9 heteroatoms. The Morgan fingerprint density at radius 1 is 0.950 bits per heavy atom. The standard InChI is InChI=1S/C31H32F3N3O3/c1-4-21-12-16-24(17-13-21)37-28(39)25-8-6-7-9-26(25)35-29(37)30(3,18-19-40-5-2)36-27(38)20-22-10-14-23(15-11-22)31(32,33)34/h6-17H,4-5,18-20H2,1-3H3,(H,36,38). The summed E-state index contributed by atoms with van der Waals surface area (Å²) in [6, 6.07) is 19.1. The lowest BCUT2D eigenvalue weighted by Gasteiger charge is -2.33. The minimum Gasteiger partial charge on any atom is -0.382 e. The fourth-order valence-corrected chi connectivity index (χ4v) is 4.62. The molecule has 0 spiro atoms. The molecule has 1 unspecified atom stereocenters. The highest BCUT2D eigenvalue weighted by atomic mass is 19.4. The maximum Gasteiger partial charge on any atom is 0.416 e. The van der Waals surface area contributed by atoms with E-state index in [1.807, 2.05) is 38.1 Å². The Balaban J connectivity index is 1.78. The number of aromatic nitrogens is 2. The largest absolute Gasteiger partial charge is 0.416 e. The topological polar surface area (TPSA) is 73.2 Å². The molecular weight excluding hydrogens is 519 g/mol. The number of aryl methyl sites for hydroxylation is 1. The number of amides is 1. The van der Waals surface area contributed by atoms with Crippen molar-refractivity contribution >= 4 is 16.8 Å². The van der Waals surface area contributed by atoms with E-state index in [0.717, 1.165) is 24.1 Å². The van der Waals surface area contributed by atoms with Crippen LogP contribution < -0.4 is 10.9 Å². The van der Waals surface area contributed by atoms with E-state index in [0.29, 0.717) is 41.0 Å². The Morgan fingerprint density at radius 3 is 2.23 bits per heavy atom. The van der Waals surface area contributed by atoms with Crippen molar-refractivity contribution in [2.75, 3.05) is 13.2 Å². The zero-order valence-corrected chi connectivity index (χ0v) is 22.7. The molecule has 0 fully saturated rings. The Morgan fingerprint density at radius 2 is 1.60 bits per heavy atom. The van der Waals surface area contributed by atoms with Crippen molar-refractivity contribution in [2.45, 2.75) is 51.7 Å². The summed E-state index contributed by atoms with van der Waals surface area (Å²) in [7, 11) is 0. The first-order valence-corrected chi connectivity index (χ1v) is 13.2. The normalized spacial score (nSPS) is 13.2. The van der Waals surface area contributed by atoms with Crippen LogP contribution in [0.5, 0.6) is 0 Å². The molecule has 0 aliphatic heterocycles. The molecule has 0 bridgehead atoms. The van der Waals surface area contributed by atoms with Gasteiger partial charge in [-0.25, -0.2) is 4.98 Å². The maximum absolute atomic E-state index is 13.9. The van der Waals surface area contributed by atoms with Gasteiger partial charge < -0.3 is 10.1 Å². The molecule has 0 saturated heterocycles. The molecule has 1 aromatic heterocycles. The Labute approximate surface area is 230 Å². The lowest BCUT2D eigenvalue weighted by atomic mass is 9.94. The first kappa shape index (κ1) is 29.0. The predicted molar refractivity (Wildman–Crippen MR) is 148 cm³/mol. The maximum atomic E-state index is 13.9. The average molecular weight is 552 g/mol. The van der Waals surface area contributed by atoms with E-state index in [4.69, 9.17) is 9.72 Å². The predicted octanol–water partition coefficient (Wildman–Crippen LogP) is 5.97. The Hall–Kier alpha value is -3.98. The van der Waals surface area contributed by atoms with Gasteiger partial charge in [0.1, 0.15) is 5.82 Å². The van der Waals surface area contributed by atoms with Crippen molar-refractivity contribution < 1.29 is 22.7 Å². The van der Waals surface area contributed by atoms with Gasteiger partial charge >= 0.3 is 6.18 Å². The van der Waals surface area contributed by atoms with Gasteiger partial charge in [0.05, 0.1) is 34.1 Å². The van der Waals surface area contributed by atoms with Gasteiger partial charge in [-0.3, -0.25) is 14.2 Å². The minimum atomic E-state index is -4.46. The SMILES string of the molecule is CCOCCC(C)(NC(=O)Cc1ccc(C(F)(F)F)cc1)c1nc2ccccc2c(=O)n1-c1ccc(CC)cc1. The van der Waals surface area contributed by atoms with Gasteiger partial charge in [0.25, 0.3) is 5.56 Å². The van der Waals surface area contributed by atoms with E-state index in [-0.39, 0.29) is 18.6 Å². The number of alkyl halides is 3. The van der Waals surface area contributed by atoms with Crippen molar-refractivity contribution in [1.29, 1.82) is 0 Å². The van der Waals surface area contributed by atoms with Gasteiger partial charge in [-0.2, -0.15) is 13.2 Å². The molecule has 1 heterocycles. The number of halogens is 3. The summed E-state index contributed by atoms with van der Waals surface area (Å²) in [5.74, 6) is -0.0880. The Bertz CT molecular complexity index is 1530. The fraction of sp³-hybridized carbons (Fsp3) is 0.323. The van der Waals surface area contributed by atoms with Crippen molar-refractivity contribution in [2.24, 2.45) is 0 Å². The van der Waals surface area contributed by atoms with E-state index < -0.39 is 23.2 Å². The number of carbonyl (C=O) groups excluding carboxylic acids is 1. The molecule has 4 aromatic rings. The summed E-state index contributed by atoms with van der Waals surface area (Å²) in [5, 5.41) is 3.46. The van der Waals surface area contributed by atoms with Gasteiger partial charge in [0, 0.05) is 19.6 Å². The van der Waals surface area contributed by atoms with Crippen LogP contribution in [0.1, 0.15) is 49.7 Å². The van der Waals surface area contributed by atoms with Crippen LogP contribution in [0.4, 0.5) is 13.2 Å². The number of carbonyl (C=O) groups is 1. The molecule has 4 rings (SSSR count). The second kappa shape index (κ2) is 12.0. The molecule has 1 N–H and O–H groups in total. The van der Waals surface area contributed by atoms with Crippen LogP contribution in [0.15, 0.2) is 77.6 Å². The summed E-state index contributed by atoms with van der Waals surface area (Å²) < 4.78 is 46.1. The van der Waals surface area contributed by atoms with Gasteiger partial charge in [-0.1, -0.05) is 43.3 Å². The van der Waals surface area contributed by atoms with Gasteiger partial charge in [-0.15, -0.1) is 0 Å². The van der Waals surface area contributed by atoms with E-state index >= 15 is 0 Å². The molecule has 3 aromatic carbocycles. The fourth-order valence-electron chi connectivity index (χ4n) is 4.62. The molecule has 0 aliphatic carbocycles.